The summed E-state index contributed by atoms with van der Waals surface area (Å²) >= 11 is 0. The average molecular weight is 267 g/mol. The minimum Gasteiger partial charge on any atom is -0.383 e. The molecule has 1 unspecified atom stereocenters. The molecule has 1 amide bonds. The zero-order chi connectivity index (χ0) is 13.7. The number of carbonyl (C=O) groups is 1. The predicted octanol–water partition coefficient (Wildman–Crippen LogP) is -0.146. The first-order valence-electron chi connectivity index (χ1n) is 6.61. The van der Waals surface area contributed by atoms with Crippen molar-refractivity contribution in [3.05, 3.63) is 11.9 Å². The summed E-state index contributed by atoms with van der Waals surface area (Å²) in [5.74, 6) is -0.0800. The topological polar surface area (TPSA) is 81.1 Å². The summed E-state index contributed by atoms with van der Waals surface area (Å²) in [5, 5.41) is 14.2. The molecule has 7 nitrogen and oxygen atoms in total. The van der Waals surface area contributed by atoms with E-state index in [-0.39, 0.29) is 11.9 Å². The molecule has 1 heterocycles. The highest BCUT2D eigenvalue weighted by Crippen LogP contribution is 2.19. The molecule has 106 valence electrons. The molecule has 2 rings (SSSR count). The number of hydrogen-bond acceptors (Lipinski definition) is 5. The van der Waals surface area contributed by atoms with Gasteiger partial charge in [-0.2, -0.15) is 0 Å². The number of ether oxygens (including phenoxy) is 1. The Morgan fingerprint density at radius 3 is 3.11 bits per heavy atom. The summed E-state index contributed by atoms with van der Waals surface area (Å²) in [6, 6.07) is 0.277. The van der Waals surface area contributed by atoms with E-state index in [0.29, 0.717) is 25.7 Å². The lowest BCUT2D eigenvalue weighted by atomic mass is 10.3. The Morgan fingerprint density at radius 2 is 2.42 bits per heavy atom. The van der Waals surface area contributed by atoms with Crippen LogP contribution in [0.5, 0.6) is 0 Å². The molecule has 0 spiro atoms. The number of methoxy groups -OCH3 is 1. The van der Waals surface area contributed by atoms with Crippen LogP contribution in [-0.2, 0) is 16.1 Å². The molecule has 0 aromatic carbocycles. The number of hydrogen-bond donors (Lipinski definition) is 2. The lowest BCUT2D eigenvalue weighted by Crippen LogP contribution is -2.33. The van der Waals surface area contributed by atoms with Gasteiger partial charge in [-0.25, -0.2) is 4.68 Å². The smallest absolute Gasteiger partial charge is 0.244 e. The molecule has 1 atom stereocenters. The molecule has 1 aliphatic rings. The highest BCUT2D eigenvalue weighted by molar-refractivity contribution is 5.79. The van der Waals surface area contributed by atoms with Gasteiger partial charge in [-0.15, -0.1) is 5.10 Å². The maximum Gasteiger partial charge on any atom is 0.244 e. The number of nitrogens with one attached hydrogen (secondary N) is 2. The van der Waals surface area contributed by atoms with E-state index < -0.39 is 0 Å². The highest BCUT2D eigenvalue weighted by atomic mass is 16.5. The molecule has 1 fully saturated rings. The van der Waals surface area contributed by atoms with Gasteiger partial charge in [-0.3, -0.25) is 4.79 Å². The van der Waals surface area contributed by atoms with Crippen LogP contribution in [-0.4, -0.2) is 47.2 Å². The zero-order valence-electron chi connectivity index (χ0n) is 11.4. The van der Waals surface area contributed by atoms with Crippen molar-refractivity contribution in [3.63, 3.8) is 0 Å². The van der Waals surface area contributed by atoms with Gasteiger partial charge in [0.05, 0.1) is 18.5 Å². The fourth-order valence-corrected chi connectivity index (χ4v) is 1.66. The average Bonchev–Trinajstić information content (AvgIpc) is 3.13. The minimum atomic E-state index is -0.362. The van der Waals surface area contributed by atoms with E-state index in [2.05, 4.69) is 20.9 Å². The number of amides is 1. The normalized spacial score (nSPS) is 16.3. The van der Waals surface area contributed by atoms with Crippen molar-refractivity contribution in [3.8, 4) is 0 Å². The Labute approximate surface area is 112 Å². The second-order valence-corrected chi connectivity index (χ2v) is 4.80. The van der Waals surface area contributed by atoms with Gasteiger partial charge in [-0.1, -0.05) is 5.21 Å². The number of rotatable bonds is 8. The fraction of sp³-hybridized carbons (Fsp3) is 0.750. The van der Waals surface area contributed by atoms with E-state index in [4.69, 9.17) is 4.74 Å². The quantitative estimate of drug-likeness (QED) is 0.640. The van der Waals surface area contributed by atoms with Gasteiger partial charge in [0, 0.05) is 26.2 Å². The van der Waals surface area contributed by atoms with Crippen molar-refractivity contribution < 1.29 is 9.53 Å². The number of carbonyl (C=O) groups excluding carboxylic acids is 1. The first-order chi connectivity index (χ1) is 9.20. The van der Waals surface area contributed by atoms with Crippen LogP contribution in [0.4, 0.5) is 0 Å². The second-order valence-electron chi connectivity index (χ2n) is 4.80. The van der Waals surface area contributed by atoms with Gasteiger partial charge < -0.3 is 15.4 Å². The van der Waals surface area contributed by atoms with Crippen molar-refractivity contribution in [2.24, 2.45) is 0 Å². The molecular weight excluding hydrogens is 246 g/mol. The lowest BCUT2D eigenvalue weighted by molar-refractivity contribution is -0.124. The molecule has 0 aliphatic heterocycles. The van der Waals surface area contributed by atoms with Gasteiger partial charge in [-0.05, 0) is 19.8 Å². The van der Waals surface area contributed by atoms with Gasteiger partial charge in [0.15, 0.2) is 0 Å². The van der Waals surface area contributed by atoms with E-state index in [1.807, 2.05) is 6.20 Å². The third-order valence-electron chi connectivity index (χ3n) is 3.09. The molecule has 1 aliphatic carbocycles. The molecule has 0 bridgehead atoms. The van der Waals surface area contributed by atoms with Gasteiger partial charge in [0.1, 0.15) is 6.04 Å². The third kappa shape index (κ3) is 4.29. The molecule has 1 aromatic rings. The molecular formula is C12H21N5O2. The minimum absolute atomic E-state index is 0.0800. The molecule has 19 heavy (non-hydrogen) atoms. The third-order valence-corrected chi connectivity index (χ3v) is 3.09. The van der Waals surface area contributed by atoms with Crippen LogP contribution in [0.25, 0.3) is 0 Å². The number of nitrogens with zero attached hydrogens (tertiary/aromatic N) is 3. The van der Waals surface area contributed by atoms with Gasteiger partial charge in [0.25, 0.3) is 0 Å². The van der Waals surface area contributed by atoms with Crippen LogP contribution in [0.2, 0.25) is 0 Å². The molecule has 0 radical (unpaired) electrons. The molecule has 7 heteroatoms. The largest absolute Gasteiger partial charge is 0.383 e. The SMILES string of the molecule is COCCNC(=O)C(C)n1cc(CNC2CC2)nn1. The van der Waals surface area contributed by atoms with E-state index in [1.54, 1.807) is 18.7 Å². The molecule has 1 aromatic heterocycles. The van der Waals surface area contributed by atoms with Crippen molar-refractivity contribution in [1.29, 1.82) is 0 Å². The summed E-state index contributed by atoms with van der Waals surface area (Å²) in [5.41, 5.74) is 0.864. The van der Waals surface area contributed by atoms with Crippen molar-refractivity contribution in [2.45, 2.75) is 38.4 Å². The van der Waals surface area contributed by atoms with E-state index in [0.717, 1.165) is 5.69 Å². The van der Waals surface area contributed by atoms with Crippen LogP contribution in [0.15, 0.2) is 6.20 Å². The van der Waals surface area contributed by atoms with Crippen LogP contribution < -0.4 is 10.6 Å². The van der Waals surface area contributed by atoms with Crippen molar-refractivity contribution in [1.82, 2.24) is 25.6 Å². The summed E-state index contributed by atoms with van der Waals surface area (Å²) in [7, 11) is 1.60. The maximum atomic E-state index is 11.8. The first kappa shape index (κ1) is 14.0. The van der Waals surface area contributed by atoms with E-state index in [1.165, 1.54) is 12.8 Å². The standard InChI is InChI=1S/C12H21N5O2/c1-9(12(18)13-5-6-19-2)17-8-11(15-16-17)7-14-10-3-4-10/h8-10,14H,3-7H2,1-2H3,(H,13,18). The lowest BCUT2D eigenvalue weighted by Gasteiger charge is -2.11. The maximum absolute atomic E-state index is 11.8. The zero-order valence-corrected chi connectivity index (χ0v) is 11.4. The van der Waals surface area contributed by atoms with Crippen LogP contribution in [0, 0.1) is 0 Å². The van der Waals surface area contributed by atoms with Gasteiger partial charge >= 0.3 is 0 Å². The monoisotopic (exact) mass is 267 g/mol. The highest BCUT2D eigenvalue weighted by Gasteiger charge is 2.21. The summed E-state index contributed by atoms with van der Waals surface area (Å²) in [6.07, 6.45) is 4.30. The first-order valence-corrected chi connectivity index (χ1v) is 6.61. The van der Waals surface area contributed by atoms with E-state index in [9.17, 15) is 4.79 Å². The molecule has 1 saturated carbocycles. The Bertz CT molecular complexity index is 416. The van der Waals surface area contributed by atoms with Crippen molar-refractivity contribution in [2.75, 3.05) is 20.3 Å². The molecule has 0 saturated heterocycles. The Morgan fingerprint density at radius 1 is 1.63 bits per heavy atom. The second kappa shape index (κ2) is 6.63. The summed E-state index contributed by atoms with van der Waals surface area (Å²) < 4.78 is 6.47. The van der Waals surface area contributed by atoms with Crippen LogP contribution in [0.3, 0.4) is 0 Å². The van der Waals surface area contributed by atoms with Crippen LogP contribution in [0.1, 0.15) is 31.5 Å². The van der Waals surface area contributed by atoms with Crippen molar-refractivity contribution >= 4 is 5.91 Å². The van der Waals surface area contributed by atoms with Gasteiger partial charge in [0.2, 0.25) is 5.91 Å². The van der Waals surface area contributed by atoms with E-state index >= 15 is 0 Å². The van der Waals surface area contributed by atoms with Crippen LogP contribution >= 0.6 is 0 Å². The fourth-order valence-electron chi connectivity index (χ4n) is 1.66. The molecule has 2 N–H and O–H groups in total. The predicted molar refractivity (Wildman–Crippen MR) is 69.5 cm³/mol. The number of aromatic nitrogens is 3. The Kier molecular flexibility index (Phi) is 4.86. The summed E-state index contributed by atoms with van der Waals surface area (Å²) in [6.45, 7) is 3.52. The Balaban J connectivity index is 1.80. The summed E-state index contributed by atoms with van der Waals surface area (Å²) in [4.78, 5) is 11.8. The Hall–Kier alpha value is -1.47.